The highest BCUT2D eigenvalue weighted by Gasteiger charge is 2.04. The number of ether oxygens (including phenoxy) is 3. The highest BCUT2D eigenvalue weighted by atomic mass is 16.5. The molecule has 102 valence electrons. The van der Waals surface area contributed by atoms with Crippen molar-refractivity contribution in [2.45, 2.75) is 25.9 Å². The Hall–Kier alpha value is -1.26. The molecular weight excluding hydrogens is 230 g/mol. The summed E-state index contributed by atoms with van der Waals surface area (Å²) < 4.78 is 15.5. The van der Waals surface area contributed by atoms with Crippen molar-refractivity contribution in [2.24, 2.45) is 0 Å². The number of methoxy groups -OCH3 is 3. The van der Waals surface area contributed by atoms with Gasteiger partial charge in [0.1, 0.15) is 11.5 Å². The Morgan fingerprint density at radius 3 is 2.17 bits per heavy atom. The summed E-state index contributed by atoms with van der Waals surface area (Å²) >= 11 is 0. The second kappa shape index (κ2) is 7.95. The Morgan fingerprint density at radius 2 is 1.67 bits per heavy atom. The normalized spacial score (nSPS) is 12.2. The fourth-order valence-corrected chi connectivity index (χ4v) is 1.66. The van der Waals surface area contributed by atoms with Crippen molar-refractivity contribution in [3.63, 3.8) is 0 Å². The van der Waals surface area contributed by atoms with Gasteiger partial charge in [-0.2, -0.15) is 0 Å². The first kappa shape index (κ1) is 14.8. The summed E-state index contributed by atoms with van der Waals surface area (Å²) in [6.07, 6.45) is 0.998. The molecule has 0 saturated carbocycles. The second-order valence-electron chi connectivity index (χ2n) is 4.28. The molecule has 0 aliphatic heterocycles. The maximum atomic E-state index is 5.24. The van der Waals surface area contributed by atoms with Crippen LogP contribution >= 0.6 is 0 Å². The van der Waals surface area contributed by atoms with E-state index in [-0.39, 0.29) is 0 Å². The van der Waals surface area contributed by atoms with Gasteiger partial charge in [-0.05, 0) is 31.0 Å². The molecule has 0 fully saturated rings. The Bertz CT molecular complexity index is 333. The van der Waals surface area contributed by atoms with E-state index in [1.54, 1.807) is 21.3 Å². The van der Waals surface area contributed by atoms with Gasteiger partial charge in [-0.25, -0.2) is 0 Å². The van der Waals surface area contributed by atoms with Gasteiger partial charge in [0, 0.05) is 32.4 Å². The molecule has 1 unspecified atom stereocenters. The first-order chi connectivity index (χ1) is 8.69. The quantitative estimate of drug-likeness (QED) is 0.771. The predicted molar refractivity (Wildman–Crippen MR) is 72.3 cm³/mol. The topological polar surface area (TPSA) is 39.7 Å². The SMILES string of the molecule is COCCC(C)NCc1cc(OC)cc(OC)c1. The van der Waals surface area contributed by atoms with Gasteiger partial charge < -0.3 is 19.5 Å². The van der Waals surface area contributed by atoms with Crippen molar-refractivity contribution in [3.8, 4) is 11.5 Å². The van der Waals surface area contributed by atoms with E-state index in [2.05, 4.69) is 12.2 Å². The molecule has 0 amide bonds. The number of hydrogen-bond donors (Lipinski definition) is 1. The summed E-state index contributed by atoms with van der Waals surface area (Å²) in [6, 6.07) is 6.32. The lowest BCUT2D eigenvalue weighted by atomic mass is 10.1. The van der Waals surface area contributed by atoms with Crippen molar-refractivity contribution in [3.05, 3.63) is 23.8 Å². The second-order valence-corrected chi connectivity index (χ2v) is 4.28. The Labute approximate surface area is 109 Å². The van der Waals surface area contributed by atoms with Gasteiger partial charge >= 0.3 is 0 Å². The number of nitrogens with one attached hydrogen (secondary N) is 1. The first-order valence-corrected chi connectivity index (χ1v) is 6.14. The molecule has 4 nitrogen and oxygen atoms in total. The fourth-order valence-electron chi connectivity index (χ4n) is 1.66. The van der Waals surface area contributed by atoms with E-state index in [1.807, 2.05) is 18.2 Å². The first-order valence-electron chi connectivity index (χ1n) is 6.14. The molecule has 0 heterocycles. The van der Waals surface area contributed by atoms with Crippen molar-refractivity contribution in [1.29, 1.82) is 0 Å². The maximum Gasteiger partial charge on any atom is 0.122 e. The molecule has 0 aliphatic rings. The largest absolute Gasteiger partial charge is 0.497 e. The van der Waals surface area contributed by atoms with Crippen molar-refractivity contribution in [1.82, 2.24) is 5.32 Å². The van der Waals surface area contributed by atoms with Crippen LogP contribution in [0.5, 0.6) is 11.5 Å². The minimum atomic E-state index is 0.419. The van der Waals surface area contributed by atoms with E-state index < -0.39 is 0 Å². The van der Waals surface area contributed by atoms with E-state index in [0.29, 0.717) is 6.04 Å². The van der Waals surface area contributed by atoms with Crippen LogP contribution < -0.4 is 14.8 Å². The molecule has 0 bridgehead atoms. The minimum Gasteiger partial charge on any atom is -0.497 e. The molecule has 1 N–H and O–H groups in total. The van der Waals surface area contributed by atoms with Crippen LogP contribution in [-0.2, 0) is 11.3 Å². The lowest BCUT2D eigenvalue weighted by Gasteiger charge is -2.14. The zero-order valence-corrected chi connectivity index (χ0v) is 11.7. The maximum absolute atomic E-state index is 5.24. The zero-order chi connectivity index (χ0) is 13.4. The summed E-state index contributed by atoms with van der Waals surface area (Å²) in [5.41, 5.74) is 1.15. The van der Waals surface area contributed by atoms with Crippen LogP contribution in [0.1, 0.15) is 18.9 Å². The molecule has 4 heteroatoms. The third-order valence-electron chi connectivity index (χ3n) is 2.82. The average Bonchev–Trinajstić information content (AvgIpc) is 2.42. The van der Waals surface area contributed by atoms with Gasteiger partial charge in [0.2, 0.25) is 0 Å². The third kappa shape index (κ3) is 4.94. The molecule has 1 aromatic rings. The monoisotopic (exact) mass is 253 g/mol. The summed E-state index contributed by atoms with van der Waals surface area (Å²) in [4.78, 5) is 0. The molecule has 0 aromatic heterocycles. The van der Waals surface area contributed by atoms with Crippen LogP contribution in [0.25, 0.3) is 0 Å². The van der Waals surface area contributed by atoms with Gasteiger partial charge in [-0.1, -0.05) is 0 Å². The van der Waals surface area contributed by atoms with Crippen molar-refractivity contribution < 1.29 is 14.2 Å². The molecule has 1 atom stereocenters. The molecule has 0 aliphatic carbocycles. The van der Waals surface area contributed by atoms with Gasteiger partial charge in [0.05, 0.1) is 14.2 Å². The number of benzene rings is 1. The zero-order valence-electron chi connectivity index (χ0n) is 11.7. The van der Waals surface area contributed by atoms with Crippen LogP contribution in [-0.4, -0.2) is 34.0 Å². The summed E-state index contributed by atoms with van der Waals surface area (Å²) in [6.45, 7) is 3.71. The molecule has 18 heavy (non-hydrogen) atoms. The summed E-state index contributed by atoms with van der Waals surface area (Å²) in [7, 11) is 5.04. The standard InChI is InChI=1S/C14H23NO3/c1-11(5-6-16-2)15-10-12-7-13(17-3)9-14(8-12)18-4/h7-9,11,15H,5-6,10H2,1-4H3. The van der Waals surface area contributed by atoms with E-state index in [0.717, 1.165) is 36.6 Å². The van der Waals surface area contributed by atoms with Crippen molar-refractivity contribution in [2.75, 3.05) is 27.9 Å². The van der Waals surface area contributed by atoms with E-state index in [9.17, 15) is 0 Å². The Kier molecular flexibility index (Phi) is 6.54. The number of rotatable bonds is 8. The summed E-state index contributed by atoms with van der Waals surface area (Å²) in [5, 5.41) is 3.45. The molecule has 1 rings (SSSR count). The lowest BCUT2D eigenvalue weighted by Crippen LogP contribution is -2.26. The summed E-state index contributed by atoms with van der Waals surface area (Å²) in [5.74, 6) is 1.63. The highest BCUT2D eigenvalue weighted by Crippen LogP contribution is 2.22. The third-order valence-corrected chi connectivity index (χ3v) is 2.82. The molecule has 0 saturated heterocycles. The van der Waals surface area contributed by atoms with Crippen LogP contribution in [0.3, 0.4) is 0 Å². The van der Waals surface area contributed by atoms with Crippen LogP contribution in [0.15, 0.2) is 18.2 Å². The van der Waals surface area contributed by atoms with Gasteiger partial charge in [0.25, 0.3) is 0 Å². The van der Waals surface area contributed by atoms with E-state index >= 15 is 0 Å². The Balaban J connectivity index is 2.55. The molecule has 0 radical (unpaired) electrons. The minimum absolute atomic E-state index is 0.419. The average molecular weight is 253 g/mol. The van der Waals surface area contributed by atoms with Gasteiger partial charge in [-0.3, -0.25) is 0 Å². The van der Waals surface area contributed by atoms with E-state index in [1.165, 1.54) is 0 Å². The number of hydrogen-bond acceptors (Lipinski definition) is 4. The Morgan fingerprint density at radius 1 is 1.06 bits per heavy atom. The molecular formula is C14H23NO3. The van der Waals surface area contributed by atoms with Gasteiger partial charge in [0.15, 0.2) is 0 Å². The smallest absolute Gasteiger partial charge is 0.122 e. The van der Waals surface area contributed by atoms with E-state index in [4.69, 9.17) is 14.2 Å². The lowest BCUT2D eigenvalue weighted by molar-refractivity contribution is 0.184. The highest BCUT2D eigenvalue weighted by molar-refractivity contribution is 5.38. The van der Waals surface area contributed by atoms with Gasteiger partial charge in [-0.15, -0.1) is 0 Å². The van der Waals surface area contributed by atoms with Crippen LogP contribution in [0.2, 0.25) is 0 Å². The molecule has 0 spiro atoms. The van der Waals surface area contributed by atoms with Crippen molar-refractivity contribution >= 4 is 0 Å². The fraction of sp³-hybridized carbons (Fsp3) is 0.571. The predicted octanol–water partition coefficient (Wildman–Crippen LogP) is 2.22. The van der Waals surface area contributed by atoms with Crippen LogP contribution in [0, 0.1) is 0 Å². The van der Waals surface area contributed by atoms with Crippen LogP contribution in [0.4, 0.5) is 0 Å². The molecule has 1 aromatic carbocycles.